The van der Waals surface area contributed by atoms with Crippen LogP contribution in [0.2, 0.25) is 0 Å². The van der Waals surface area contributed by atoms with Gasteiger partial charge >= 0.3 is 0 Å². The van der Waals surface area contributed by atoms with Crippen LogP contribution in [0.5, 0.6) is 0 Å². The fourth-order valence-electron chi connectivity index (χ4n) is 4.98. The van der Waals surface area contributed by atoms with Gasteiger partial charge in [0, 0.05) is 0 Å². The topological polar surface area (TPSA) is 0 Å². The standard InChI is InChI=1S/C17H28/c1-12-7-3-5-9-15(12)17-11-14-8-4-6-10-16(14)13(17)2/h12,14-16H,3-11H2,1-2H3. The minimum Gasteiger partial charge on any atom is -0.0704 e. The molecule has 0 radical (unpaired) electrons. The zero-order valence-corrected chi connectivity index (χ0v) is 11.7. The van der Waals surface area contributed by atoms with Crippen LogP contribution in [0.4, 0.5) is 0 Å². The SMILES string of the molecule is CC1=C(C2CCCCC2C)CC2CCCCC12. The Bertz CT molecular complexity index is 312. The fraction of sp³-hybridized carbons (Fsp3) is 0.882. The van der Waals surface area contributed by atoms with E-state index in [4.69, 9.17) is 0 Å². The number of hydrogen-bond donors (Lipinski definition) is 0. The van der Waals surface area contributed by atoms with Crippen molar-refractivity contribution in [2.45, 2.75) is 71.6 Å². The highest BCUT2D eigenvalue weighted by atomic mass is 14.4. The van der Waals surface area contributed by atoms with Gasteiger partial charge in [-0.05, 0) is 56.3 Å². The molecule has 3 aliphatic rings. The smallest absolute Gasteiger partial charge is 0.0172 e. The van der Waals surface area contributed by atoms with E-state index in [2.05, 4.69) is 13.8 Å². The first kappa shape index (κ1) is 11.8. The Balaban J connectivity index is 1.79. The van der Waals surface area contributed by atoms with Crippen molar-refractivity contribution in [2.24, 2.45) is 23.7 Å². The van der Waals surface area contributed by atoms with Crippen molar-refractivity contribution in [3.8, 4) is 0 Å². The predicted octanol–water partition coefficient (Wildman–Crippen LogP) is 5.34. The minimum atomic E-state index is 0.967. The van der Waals surface area contributed by atoms with Crippen molar-refractivity contribution in [3.05, 3.63) is 11.1 Å². The van der Waals surface area contributed by atoms with E-state index in [0.717, 1.165) is 23.7 Å². The van der Waals surface area contributed by atoms with Crippen molar-refractivity contribution in [3.63, 3.8) is 0 Å². The Morgan fingerprint density at radius 1 is 0.824 bits per heavy atom. The number of fused-ring (bicyclic) bond motifs is 1. The van der Waals surface area contributed by atoms with Crippen LogP contribution >= 0.6 is 0 Å². The molecule has 0 saturated heterocycles. The molecule has 2 fully saturated rings. The summed E-state index contributed by atoms with van der Waals surface area (Å²) < 4.78 is 0. The molecule has 4 atom stereocenters. The summed E-state index contributed by atoms with van der Waals surface area (Å²) in [6, 6.07) is 0. The van der Waals surface area contributed by atoms with Crippen LogP contribution in [0, 0.1) is 23.7 Å². The molecule has 0 heteroatoms. The molecule has 2 saturated carbocycles. The lowest BCUT2D eigenvalue weighted by atomic mass is 9.75. The molecule has 17 heavy (non-hydrogen) atoms. The van der Waals surface area contributed by atoms with Crippen molar-refractivity contribution in [1.82, 2.24) is 0 Å². The zero-order chi connectivity index (χ0) is 11.8. The molecular formula is C17H28. The second-order valence-corrected chi connectivity index (χ2v) is 6.93. The monoisotopic (exact) mass is 232 g/mol. The van der Waals surface area contributed by atoms with E-state index in [-0.39, 0.29) is 0 Å². The molecule has 96 valence electrons. The first-order chi connectivity index (χ1) is 8.27. The maximum Gasteiger partial charge on any atom is -0.0172 e. The molecule has 0 N–H and O–H groups in total. The van der Waals surface area contributed by atoms with Crippen molar-refractivity contribution < 1.29 is 0 Å². The van der Waals surface area contributed by atoms with Gasteiger partial charge < -0.3 is 0 Å². The summed E-state index contributed by atoms with van der Waals surface area (Å²) in [5.41, 5.74) is 3.77. The van der Waals surface area contributed by atoms with Crippen LogP contribution in [0.3, 0.4) is 0 Å². The van der Waals surface area contributed by atoms with Gasteiger partial charge in [0.05, 0.1) is 0 Å². The van der Waals surface area contributed by atoms with Gasteiger partial charge in [0.1, 0.15) is 0 Å². The highest BCUT2D eigenvalue weighted by molar-refractivity contribution is 5.26. The molecule has 0 aliphatic heterocycles. The number of allylic oxidation sites excluding steroid dienone is 2. The van der Waals surface area contributed by atoms with E-state index in [9.17, 15) is 0 Å². The Kier molecular flexibility index (Phi) is 3.32. The lowest BCUT2D eigenvalue weighted by molar-refractivity contribution is 0.271. The van der Waals surface area contributed by atoms with Crippen LogP contribution in [0.15, 0.2) is 11.1 Å². The van der Waals surface area contributed by atoms with Gasteiger partial charge in [0.25, 0.3) is 0 Å². The van der Waals surface area contributed by atoms with Gasteiger partial charge in [-0.15, -0.1) is 0 Å². The molecule has 0 aromatic rings. The van der Waals surface area contributed by atoms with E-state index in [1.54, 1.807) is 0 Å². The molecule has 4 unspecified atom stereocenters. The van der Waals surface area contributed by atoms with Gasteiger partial charge in [0.2, 0.25) is 0 Å². The molecule has 0 nitrogen and oxygen atoms in total. The highest BCUT2D eigenvalue weighted by Gasteiger charge is 2.38. The third-order valence-corrected chi connectivity index (χ3v) is 6.01. The quantitative estimate of drug-likeness (QED) is 0.535. The van der Waals surface area contributed by atoms with Gasteiger partial charge in [-0.3, -0.25) is 0 Å². The summed E-state index contributed by atoms with van der Waals surface area (Å²) >= 11 is 0. The molecule has 0 heterocycles. The Hall–Kier alpha value is -0.260. The summed E-state index contributed by atoms with van der Waals surface area (Å²) in [6.45, 7) is 4.98. The second kappa shape index (κ2) is 4.78. The Labute approximate surface area is 107 Å². The molecule has 0 bridgehead atoms. The predicted molar refractivity (Wildman–Crippen MR) is 73.9 cm³/mol. The number of rotatable bonds is 1. The molecule has 0 aromatic carbocycles. The van der Waals surface area contributed by atoms with Crippen molar-refractivity contribution >= 4 is 0 Å². The number of hydrogen-bond acceptors (Lipinski definition) is 0. The molecular weight excluding hydrogens is 204 g/mol. The van der Waals surface area contributed by atoms with Crippen LogP contribution in [-0.4, -0.2) is 0 Å². The Morgan fingerprint density at radius 3 is 2.18 bits per heavy atom. The van der Waals surface area contributed by atoms with Crippen LogP contribution in [0.1, 0.15) is 71.6 Å². The molecule has 0 spiro atoms. The molecule has 0 aromatic heterocycles. The average molecular weight is 232 g/mol. The Morgan fingerprint density at radius 2 is 1.47 bits per heavy atom. The van der Waals surface area contributed by atoms with E-state index >= 15 is 0 Å². The second-order valence-electron chi connectivity index (χ2n) is 6.93. The van der Waals surface area contributed by atoms with Crippen LogP contribution in [-0.2, 0) is 0 Å². The van der Waals surface area contributed by atoms with Crippen LogP contribution < -0.4 is 0 Å². The summed E-state index contributed by atoms with van der Waals surface area (Å²) in [5, 5.41) is 0. The van der Waals surface area contributed by atoms with Crippen molar-refractivity contribution in [1.29, 1.82) is 0 Å². The van der Waals surface area contributed by atoms with Gasteiger partial charge in [-0.1, -0.05) is 50.2 Å². The van der Waals surface area contributed by atoms with Gasteiger partial charge in [-0.25, -0.2) is 0 Å². The van der Waals surface area contributed by atoms with E-state index in [0.29, 0.717) is 0 Å². The summed E-state index contributed by atoms with van der Waals surface area (Å²) in [7, 11) is 0. The third kappa shape index (κ3) is 2.09. The maximum absolute atomic E-state index is 2.51. The summed E-state index contributed by atoms with van der Waals surface area (Å²) in [6.07, 6.45) is 13.4. The molecule has 0 amide bonds. The maximum atomic E-state index is 2.51. The normalized spacial score (nSPS) is 42.7. The third-order valence-electron chi connectivity index (χ3n) is 6.01. The fourth-order valence-corrected chi connectivity index (χ4v) is 4.98. The van der Waals surface area contributed by atoms with E-state index in [1.165, 1.54) is 57.8 Å². The average Bonchev–Trinajstić information content (AvgIpc) is 2.68. The zero-order valence-electron chi connectivity index (χ0n) is 11.7. The summed E-state index contributed by atoms with van der Waals surface area (Å²) in [5.74, 6) is 3.98. The van der Waals surface area contributed by atoms with E-state index < -0.39 is 0 Å². The van der Waals surface area contributed by atoms with Crippen LogP contribution in [0.25, 0.3) is 0 Å². The molecule has 3 rings (SSSR count). The van der Waals surface area contributed by atoms with Crippen molar-refractivity contribution in [2.75, 3.05) is 0 Å². The van der Waals surface area contributed by atoms with Gasteiger partial charge in [0.15, 0.2) is 0 Å². The van der Waals surface area contributed by atoms with Gasteiger partial charge in [-0.2, -0.15) is 0 Å². The first-order valence-electron chi connectivity index (χ1n) is 7.97. The summed E-state index contributed by atoms with van der Waals surface area (Å²) in [4.78, 5) is 0. The lowest BCUT2D eigenvalue weighted by Crippen LogP contribution is -2.19. The first-order valence-corrected chi connectivity index (χ1v) is 7.97. The largest absolute Gasteiger partial charge is 0.0704 e. The minimum absolute atomic E-state index is 0.967. The highest BCUT2D eigenvalue weighted by Crippen LogP contribution is 2.50. The van der Waals surface area contributed by atoms with E-state index in [1.807, 2.05) is 11.1 Å². The lowest BCUT2D eigenvalue weighted by Gasteiger charge is -2.31. The molecule has 3 aliphatic carbocycles.